The molecule has 1 aliphatic rings. The van der Waals surface area contributed by atoms with Crippen molar-refractivity contribution in [3.05, 3.63) is 95.6 Å². The van der Waals surface area contributed by atoms with Crippen LogP contribution in [-0.4, -0.2) is 5.78 Å². The quantitative estimate of drug-likeness (QED) is 0.0813. The van der Waals surface area contributed by atoms with E-state index in [1.807, 2.05) is 65.8 Å². The maximum Gasteiger partial charge on any atom is 0.162 e. The SMILES string of the molecule is C1CC1.C=C(CCC)CCCCCC.C=CC.CC.CC.CCC(=O)c1ccc(CC)cc1.CCCCCCCCc1ccccc1CCC. The molecule has 2 aromatic rings. The summed E-state index contributed by atoms with van der Waals surface area (Å²) in [6, 6.07) is 16.8. The molecule has 0 spiro atoms. The number of aryl methyl sites for hydroxylation is 3. The summed E-state index contributed by atoms with van der Waals surface area (Å²) in [5.41, 5.74) is 6.72. The van der Waals surface area contributed by atoms with Crippen LogP contribution < -0.4 is 0 Å². The first-order valence-corrected chi connectivity index (χ1v) is 21.3. The smallest absolute Gasteiger partial charge is 0.162 e. The number of Topliss-reactive ketones (excluding diaryl/α,β-unsaturated/α-hetero) is 1. The molecule has 1 aliphatic carbocycles. The molecular weight excluding hydrogens is 605 g/mol. The third-order valence-corrected chi connectivity index (χ3v) is 7.78. The molecule has 2 aromatic carbocycles. The van der Waals surface area contributed by atoms with Crippen LogP contribution in [0.3, 0.4) is 0 Å². The van der Waals surface area contributed by atoms with Gasteiger partial charge in [0.15, 0.2) is 5.78 Å². The van der Waals surface area contributed by atoms with Gasteiger partial charge in [-0.05, 0) is 68.6 Å². The summed E-state index contributed by atoms with van der Waals surface area (Å²) in [5, 5.41) is 0. The summed E-state index contributed by atoms with van der Waals surface area (Å²) in [4.78, 5) is 11.2. The normalized spacial score (nSPS) is 10.1. The summed E-state index contributed by atoms with van der Waals surface area (Å²) >= 11 is 0. The van der Waals surface area contributed by atoms with Crippen molar-refractivity contribution < 1.29 is 4.79 Å². The van der Waals surface area contributed by atoms with E-state index >= 15 is 0 Å². The number of rotatable bonds is 19. The second-order valence-electron chi connectivity index (χ2n) is 12.6. The molecule has 0 N–H and O–H groups in total. The van der Waals surface area contributed by atoms with Crippen LogP contribution in [0, 0.1) is 0 Å². The van der Waals surface area contributed by atoms with Gasteiger partial charge in [-0.2, -0.15) is 0 Å². The highest BCUT2D eigenvalue weighted by atomic mass is 16.1. The third kappa shape index (κ3) is 40.0. The lowest BCUT2D eigenvalue weighted by Gasteiger charge is -2.08. The van der Waals surface area contributed by atoms with Crippen LogP contribution in [0.15, 0.2) is 73.3 Å². The van der Waals surface area contributed by atoms with E-state index in [1.165, 1.54) is 133 Å². The Morgan fingerprint density at radius 2 is 1.06 bits per heavy atom. The van der Waals surface area contributed by atoms with Crippen LogP contribution >= 0.6 is 0 Å². The molecule has 0 atom stereocenters. The fourth-order valence-corrected chi connectivity index (χ4v) is 4.82. The molecule has 0 aromatic heterocycles. The Bertz CT molecular complexity index is 947. The van der Waals surface area contributed by atoms with Crippen molar-refractivity contribution in [3.63, 3.8) is 0 Å². The maximum atomic E-state index is 11.2. The zero-order valence-electron chi connectivity index (χ0n) is 35.9. The molecule has 290 valence electrons. The molecule has 1 fully saturated rings. The van der Waals surface area contributed by atoms with Crippen molar-refractivity contribution in [2.45, 2.75) is 211 Å². The van der Waals surface area contributed by atoms with Crippen molar-refractivity contribution in [1.29, 1.82) is 0 Å². The lowest BCUT2D eigenvalue weighted by molar-refractivity contribution is 0.0988. The standard InChI is InChI=1S/C17H28.C11H14O.C11H22.2C3H6.2C2H6/c1-3-5-6-7-8-9-13-17-15-11-10-14-16(17)12-4-2;1-3-9-5-7-10(8-6-9)11(12)4-2;1-4-6-7-8-10-11(3)9-5-2;1-2-3-1;1-3-2;2*1-2/h10-11,14-15H,3-9,12-13H2,1-2H3;5-8H,3-4H2,1-2H3;3-10H2,1-2H3;1-3H2;3H,1H2,2H3;2*1-2H3. The summed E-state index contributed by atoms with van der Waals surface area (Å²) in [7, 11) is 0. The molecule has 0 radical (unpaired) electrons. The topological polar surface area (TPSA) is 17.1 Å². The van der Waals surface area contributed by atoms with Gasteiger partial charge < -0.3 is 0 Å². The molecule has 0 amide bonds. The predicted octanol–water partition coefficient (Wildman–Crippen LogP) is 17.1. The highest BCUT2D eigenvalue weighted by Crippen LogP contribution is 2.16. The molecule has 1 nitrogen and oxygen atoms in total. The highest BCUT2D eigenvalue weighted by Gasteiger charge is 2.02. The zero-order chi connectivity index (χ0) is 38.7. The van der Waals surface area contributed by atoms with Crippen molar-refractivity contribution in [1.82, 2.24) is 0 Å². The summed E-state index contributed by atoms with van der Waals surface area (Å²) < 4.78 is 0. The molecule has 0 heterocycles. The summed E-state index contributed by atoms with van der Waals surface area (Å²) in [6.45, 7) is 30.3. The predicted molar refractivity (Wildman–Crippen MR) is 233 cm³/mol. The van der Waals surface area contributed by atoms with Crippen molar-refractivity contribution in [3.8, 4) is 0 Å². The van der Waals surface area contributed by atoms with Gasteiger partial charge in [-0.3, -0.25) is 4.79 Å². The second kappa shape index (κ2) is 46.6. The van der Waals surface area contributed by atoms with Crippen LogP contribution in [0.1, 0.15) is 219 Å². The van der Waals surface area contributed by atoms with Crippen LogP contribution in [0.5, 0.6) is 0 Å². The fraction of sp³-hybridized carbons (Fsp3) is 0.653. The van der Waals surface area contributed by atoms with Crippen molar-refractivity contribution in [2.75, 3.05) is 0 Å². The van der Waals surface area contributed by atoms with Gasteiger partial charge in [-0.25, -0.2) is 0 Å². The van der Waals surface area contributed by atoms with Gasteiger partial charge in [0, 0.05) is 12.0 Å². The molecule has 50 heavy (non-hydrogen) atoms. The minimum Gasteiger partial charge on any atom is -0.294 e. The van der Waals surface area contributed by atoms with E-state index in [-0.39, 0.29) is 5.78 Å². The Balaban J connectivity index is -0.000000284. The molecule has 1 saturated carbocycles. The third-order valence-electron chi connectivity index (χ3n) is 7.78. The Hall–Kier alpha value is -2.41. The summed E-state index contributed by atoms with van der Waals surface area (Å²) in [6.07, 6.45) is 29.2. The number of allylic oxidation sites excluding steroid dienone is 2. The molecule has 3 rings (SSSR count). The molecular formula is C49H88O. The zero-order valence-corrected chi connectivity index (χ0v) is 35.9. The van der Waals surface area contributed by atoms with E-state index < -0.39 is 0 Å². The van der Waals surface area contributed by atoms with E-state index in [2.05, 4.69) is 72.0 Å². The Morgan fingerprint density at radius 1 is 0.600 bits per heavy atom. The fourth-order valence-electron chi connectivity index (χ4n) is 4.82. The minimum atomic E-state index is 0.220. The molecule has 0 bridgehead atoms. The number of ketones is 1. The van der Waals surface area contributed by atoms with Gasteiger partial charge in [-0.1, -0.05) is 219 Å². The first-order chi connectivity index (χ1) is 24.4. The lowest BCUT2D eigenvalue weighted by atomic mass is 9.98. The second-order valence-corrected chi connectivity index (χ2v) is 12.6. The maximum absolute atomic E-state index is 11.2. The highest BCUT2D eigenvalue weighted by molar-refractivity contribution is 5.95. The van der Waals surface area contributed by atoms with E-state index in [1.54, 1.807) is 17.2 Å². The van der Waals surface area contributed by atoms with Gasteiger partial charge in [0.05, 0.1) is 0 Å². The van der Waals surface area contributed by atoms with E-state index in [4.69, 9.17) is 0 Å². The van der Waals surface area contributed by atoms with Gasteiger partial charge in [0.25, 0.3) is 0 Å². The number of hydrogen-bond acceptors (Lipinski definition) is 1. The first kappa shape index (κ1) is 54.4. The van der Waals surface area contributed by atoms with Crippen LogP contribution in [-0.2, 0) is 19.3 Å². The summed E-state index contributed by atoms with van der Waals surface area (Å²) in [5.74, 6) is 0.220. The largest absolute Gasteiger partial charge is 0.294 e. The average molecular weight is 693 g/mol. The van der Waals surface area contributed by atoms with E-state index in [0.29, 0.717) is 6.42 Å². The number of unbranched alkanes of at least 4 members (excludes halogenated alkanes) is 8. The average Bonchev–Trinajstić information content (AvgIpc) is 4.05. The van der Waals surface area contributed by atoms with Crippen LogP contribution in [0.25, 0.3) is 0 Å². The number of carbonyl (C=O) groups is 1. The minimum absolute atomic E-state index is 0.220. The molecule has 0 unspecified atom stereocenters. The van der Waals surface area contributed by atoms with E-state index in [9.17, 15) is 4.79 Å². The van der Waals surface area contributed by atoms with Gasteiger partial charge in [0.2, 0.25) is 0 Å². The van der Waals surface area contributed by atoms with Crippen molar-refractivity contribution in [2.24, 2.45) is 0 Å². The number of carbonyl (C=O) groups excluding carboxylic acids is 1. The Labute approximate surface area is 316 Å². The van der Waals surface area contributed by atoms with Gasteiger partial charge in [-0.15, -0.1) is 6.58 Å². The number of hydrogen-bond donors (Lipinski definition) is 0. The van der Waals surface area contributed by atoms with Crippen molar-refractivity contribution >= 4 is 5.78 Å². The number of benzene rings is 2. The monoisotopic (exact) mass is 693 g/mol. The first-order valence-electron chi connectivity index (χ1n) is 21.3. The van der Waals surface area contributed by atoms with E-state index in [0.717, 1.165) is 12.0 Å². The van der Waals surface area contributed by atoms with Gasteiger partial charge >= 0.3 is 0 Å². The van der Waals surface area contributed by atoms with Crippen LogP contribution in [0.4, 0.5) is 0 Å². The van der Waals surface area contributed by atoms with Gasteiger partial charge in [0.1, 0.15) is 0 Å². The van der Waals surface area contributed by atoms with Crippen LogP contribution in [0.2, 0.25) is 0 Å². The lowest BCUT2D eigenvalue weighted by Crippen LogP contribution is -1.95. The molecule has 0 aliphatic heterocycles. The molecule has 1 heteroatoms. The Morgan fingerprint density at radius 3 is 1.48 bits per heavy atom. The molecule has 0 saturated heterocycles. The Kier molecular flexibility index (Phi) is 50.7.